The van der Waals surface area contributed by atoms with Gasteiger partial charge in [-0.3, -0.25) is 0 Å². The van der Waals surface area contributed by atoms with E-state index < -0.39 is 0 Å². The molecule has 70 valence electrons. The third kappa shape index (κ3) is 1.73. The molecule has 0 radical (unpaired) electrons. The van der Waals surface area contributed by atoms with Crippen LogP contribution in [0.25, 0.3) is 11.0 Å². The van der Waals surface area contributed by atoms with E-state index in [2.05, 4.69) is 20.8 Å². The van der Waals surface area contributed by atoms with Gasteiger partial charge in [0.1, 0.15) is 0 Å². The molecule has 1 heterocycles. The van der Waals surface area contributed by atoms with Crippen molar-refractivity contribution in [1.82, 2.24) is 9.97 Å². The molecule has 3 nitrogen and oxygen atoms in total. The van der Waals surface area contributed by atoms with Crippen LogP contribution in [0.5, 0.6) is 0 Å². The van der Waals surface area contributed by atoms with Crippen LogP contribution in [0.2, 0.25) is 0 Å². The Morgan fingerprint density at radius 1 is 1.36 bits per heavy atom. The lowest BCUT2D eigenvalue weighted by Crippen LogP contribution is -1.67. The minimum absolute atomic E-state index is 0.604. The van der Waals surface area contributed by atoms with Gasteiger partial charge in [0.2, 0.25) is 5.95 Å². The zero-order valence-corrected chi connectivity index (χ0v) is 8.20. The summed E-state index contributed by atoms with van der Waals surface area (Å²) in [7, 11) is 0. The van der Waals surface area contributed by atoms with Crippen molar-refractivity contribution in [2.24, 2.45) is 4.99 Å². The number of aromatic amines is 1. The summed E-state index contributed by atoms with van der Waals surface area (Å²) in [5.41, 5.74) is 2.97. The summed E-state index contributed by atoms with van der Waals surface area (Å²) in [5, 5.41) is 0. The van der Waals surface area contributed by atoms with Gasteiger partial charge in [0.05, 0.1) is 11.0 Å². The lowest BCUT2D eigenvalue weighted by molar-refractivity contribution is 1.27. The smallest absolute Gasteiger partial charge is 0.236 e. The molecule has 1 aromatic carbocycles. The summed E-state index contributed by atoms with van der Waals surface area (Å²) in [4.78, 5) is 11.5. The van der Waals surface area contributed by atoms with Gasteiger partial charge in [-0.15, -0.1) is 0 Å². The van der Waals surface area contributed by atoms with Gasteiger partial charge in [0, 0.05) is 0 Å². The van der Waals surface area contributed by atoms with Gasteiger partial charge in [0.25, 0.3) is 0 Å². The van der Waals surface area contributed by atoms with Gasteiger partial charge in [-0.1, -0.05) is 12.1 Å². The fourth-order valence-electron chi connectivity index (χ4n) is 1.16. The SMILES string of the molecule is CC(C)=C=Nc1nc2ccccc2[nH]1. The molecule has 0 amide bonds. The van der Waals surface area contributed by atoms with E-state index >= 15 is 0 Å². The second-order valence-electron chi connectivity index (χ2n) is 3.30. The van der Waals surface area contributed by atoms with Crippen molar-refractivity contribution in [3.05, 3.63) is 29.8 Å². The molecule has 2 rings (SSSR count). The van der Waals surface area contributed by atoms with Crippen molar-refractivity contribution in [3.63, 3.8) is 0 Å². The zero-order valence-electron chi connectivity index (χ0n) is 8.20. The van der Waals surface area contributed by atoms with Crippen LogP contribution in [0.15, 0.2) is 34.8 Å². The second-order valence-corrected chi connectivity index (χ2v) is 3.30. The number of para-hydroxylation sites is 2. The number of fused-ring (bicyclic) bond motifs is 1. The third-order valence-electron chi connectivity index (χ3n) is 1.76. The standard InChI is InChI=1S/C11H11N3/c1-8(2)7-12-11-13-9-5-3-4-6-10(9)14-11/h3-6H,1-2H3,(H,13,14). The Kier molecular flexibility index (Phi) is 2.17. The first-order valence-electron chi connectivity index (χ1n) is 4.47. The first kappa shape index (κ1) is 8.73. The van der Waals surface area contributed by atoms with Crippen LogP contribution in [0, 0.1) is 0 Å². The number of rotatable bonds is 1. The van der Waals surface area contributed by atoms with Crippen LogP contribution < -0.4 is 0 Å². The summed E-state index contributed by atoms with van der Waals surface area (Å²) < 4.78 is 0. The Morgan fingerprint density at radius 2 is 2.14 bits per heavy atom. The molecule has 1 N–H and O–H groups in total. The molecule has 2 aromatic rings. The molecule has 3 heteroatoms. The van der Waals surface area contributed by atoms with Crippen LogP contribution in [0.1, 0.15) is 13.8 Å². The van der Waals surface area contributed by atoms with Crippen molar-refractivity contribution in [1.29, 1.82) is 0 Å². The number of benzene rings is 1. The van der Waals surface area contributed by atoms with Crippen LogP contribution in [-0.2, 0) is 0 Å². The number of hydrogen-bond donors (Lipinski definition) is 1. The summed E-state index contributed by atoms with van der Waals surface area (Å²) in [6, 6.07) is 7.85. The van der Waals surface area contributed by atoms with E-state index in [0.717, 1.165) is 16.6 Å². The Bertz CT molecular complexity index is 479. The normalized spacial score (nSPS) is 9.86. The number of hydrogen-bond acceptors (Lipinski definition) is 2. The molecule has 14 heavy (non-hydrogen) atoms. The molecule has 0 fully saturated rings. The summed E-state index contributed by atoms with van der Waals surface area (Å²) in [6.07, 6.45) is 0. The van der Waals surface area contributed by atoms with E-state index in [4.69, 9.17) is 0 Å². The van der Waals surface area contributed by atoms with Crippen molar-refractivity contribution < 1.29 is 0 Å². The first-order chi connectivity index (χ1) is 6.75. The van der Waals surface area contributed by atoms with E-state index in [1.807, 2.05) is 38.1 Å². The minimum atomic E-state index is 0.604. The quantitative estimate of drug-likeness (QED) is 0.682. The molecule has 0 atom stereocenters. The Morgan fingerprint density at radius 3 is 2.86 bits per heavy atom. The maximum atomic E-state index is 4.29. The van der Waals surface area contributed by atoms with Crippen LogP contribution in [-0.4, -0.2) is 15.8 Å². The van der Waals surface area contributed by atoms with Gasteiger partial charge in [0.15, 0.2) is 0 Å². The molecular weight excluding hydrogens is 174 g/mol. The van der Waals surface area contributed by atoms with Crippen LogP contribution in [0.4, 0.5) is 5.95 Å². The van der Waals surface area contributed by atoms with E-state index in [0.29, 0.717) is 5.95 Å². The molecule has 0 aliphatic carbocycles. The molecule has 0 spiro atoms. The van der Waals surface area contributed by atoms with E-state index in [-0.39, 0.29) is 0 Å². The summed E-state index contributed by atoms with van der Waals surface area (Å²) >= 11 is 0. The fraction of sp³-hybridized carbons (Fsp3) is 0.182. The number of nitrogens with zero attached hydrogens (tertiary/aromatic N) is 2. The van der Waals surface area contributed by atoms with Crippen LogP contribution >= 0.6 is 0 Å². The minimum Gasteiger partial charge on any atom is -0.322 e. The highest BCUT2D eigenvalue weighted by Gasteiger charge is 1.97. The summed E-state index contributed by atoms with van der Waals surface area (Å²) in [5.74, 6) is 3.47. The molecule has 0 unspecified atom stereocenters. The van der Waals surface area contributed by atoms with Gasteiger partial charge >= 0.3 is 0 Å². The van der Waals surface area contributed by atoms with Gasteiger partial charge in [-0.25, -0.2) is 4.98 Å². The van der Waals surface area contributed by atoms with E-state index in [1.165, 1.54) is 0 Å². The number of aromatic nitrogens is 2. The predicted molar refractivity (Wildman–Crippen MR) is 58.0 cm³/mol. The zero-order chi connectivity index (χ0) is 9.97. The topological polar surface area (TPSA) is 41.0 Å². The molecule has 0 aliphatic heterocycles. The van der Waals surface area contributed by atoms with Crippen molar-refractivity contribution in [2.45, 2.75) is 13.8 Å². The predicted octanol–water partition coefficient (Wildman–Crippen LogP) is 2.83. The van der Waals surface area contributed by atoms with E-state index in [9.17, 15) is 0 Å². The van der Waals surface area contributed by atoms with Crippen molar-refractivity contribution >= 4 is 22.9 Å². The lowest BCUT2D eigenvalue weighted by Gasteiger charge is -1.81. The highest BCUT2D eigenvalue weighted by Crippen LogP contribution is 2.14. The molecule has 0 bridgehead atoms. The lowest BCUT2D eigenvalue weighted by atomic mass is 10.3. The van der Waals surface area contributed by atoms with Crippen molar-refractivity contribution in [2.75, 3.05) is 0 Å². The molecule has 0 aliphatic rings. The Hall–Kier alpha value is -1.86. The number of allylic oxidation sites excluding steroid dienone is 1. The number of imidazole rings is 1. The summed E-state index contributed by atoms with van der Waals surface area (Å²) in [6.45, 7) is 3.90. The average molecular weight is 185 g/mol. The highest BCUT2D eigenvalue weighted by atomic mass is 15.1. The van der Waals surface area contributed by atoms with Gasteiger partial charge in [-0.05, 0) is 37.4 Å². The first-order valence-corrected chi connectivity index (χ1v) is 4.47. The highest BCUT2D eigenvalue weighted by molar-refractivity contribution is 5.77. The van der Waals surface area contributed by atoms with Crippen LogP contribution in [0.3, 0.4) is 0 Å². The molecule has 1 aromatic heterocycles. The Balaban J connectivity index is 2.51. The van der Waals surface area contributed by atoms with Gasteiger partial charge < -0.3 is 4.98 Å². The maximum absolute atomic E-state index is 4.29. The van der Waals surface area contributed by atoms with Gasteiger partial charge in [-0.2, -0.15) is 4.99 Å². The fourth-order valence-corrected chi connectivity index (χ4v) is 1.16. The monoisotopic (exact) mass is 185 g/mol. The number of H-pyrrole nitrogens is 1. The van der Waals surface area contributed by atoms with E-state index in [1.54, 1.807) is 0 Å². The Labute approximate surface area is 82.2 Å². The molecular formula is C11H11N3. The second kappa shape index (κ2) is 3.48. The number of nitrogens with one attached hydrogen (secondary N) is 1. The number of aliphatic imine (C=N–C) groups is 1. The largest absolute Gasteiger partial charge is 0.322 e. The molecule has 0 saturated carbocycles. The molecule has 0 saturated heterocycles. The maximum Gasteiger partial charge on any atom is 0.236 e. The third-order valence-corrected chi connectivity index (χ3v) is 1.76. The average Bonchev–Trinajstić information content (AvgIpc) is 2.57. The van der Waals surface area contributed by atoms with Crippen molar-refractivity contribution in [3.8, 4) is 0 Å².